The van der Waals surface area contributed by atoms with E-state index in [4.69, 9.17) is 16.3 Å². The van der Waals surface area contributed by atoms with Crippen molar-refractivity contribution in [3.8, 4) is 17.1 Å². The van der Waals surface area contributed by atoms with E-state index in [-0.39, 0.29) is 0 Å². The first-order valence-electron chi connectivity index (χ1n) is 4.85. The lowest BCUT2D eigenvalue weighted by Gasteiger charge is -2.03. The molecule has 0 N–H and O–H groups in total. The van der Waals surface area contributed by atoms with E-state index in [0.29, 0.717) is 5.88 Å². The summed E-state index contributed by atoms with van der Waals surface area (Å²) in [5.41, 5.74) is 0.993. The number of aromatic nitrogens is 3. The van der Waals surface area contributed by atoms with Gasteiger partial charge in [0.05, 0.1) is 13.0 Å². The lowest BCUT2D eigenvalue weighted by atomic mass is 10.2. The molecular formula is C11H12ClN3O. The van der Waals surface area contributed by atoms with Crippen molar-refractivity contribution >= 4 is 11.6 Å². The maximum atomic E-state index is 5.74. The van der Waals surface area contributed by atoms with Gasteiger partial charge >= 0.3 is 0 Å². The molecule has 0 aliphatic heterocycles. The third kappa shape index (κ3) is 1.88. The van der Waals surface area contributed by atoms with E-state index in [1.807, 2.05) is 35.9 Å². The second-order valence-corrected chi connectivity index (χ2v) is 3.63. The van der Waals surface area contributed by atoms with Crippen LogP contribution in [0.3, 0.4) is 0 Å². The molecule has 0 amide bonds. The molecule has 0 unspecified atom stereocenters. The normalized spacial score (nSPS) is 10.4. The molecule has 5 heteroatoms. The van der Waals surface area contributed by atoms with Crippen LogP contribution in [0.25, 0.3) is 11.4 Å². The summed E-state index contributed by atoms with van der Waals surface area (Å²) in [7, 11) is 3.54. The molecule has 0 bridgehead atoms. The highest BCUT2D eigenvalue weighted by atomic mass is 35.5. The van der Waals surface area contributed by atoms with Crippen LogP contribution in [-0.4, -0.2) is 21.9 Å². The molecule has 0 saturated heterocycles. The molecule has 4 nitrogen and oxygen atoms in total. The number of nitrogens with zero attached hydrogens (tertiary/aromatic N) is 3. The molecule has 1 heterocycles. The van der Waals surface area contributed by atoms with Crippen LogP contribution >= 0.6 is 11.6 Å². The van der Waals surface area contributed by atoms with E-state index in [1.54, 1.807) is 7.11 Å². The van der Waals surface area contributed by atoms with Gasteiger partial charge in [-0.25, -0.2) is 0 Å². The number of hydrogen-bond donors (Lipinski definition) is 0. The van der Waals surface area contributed by atoms with Crippen LogP contribution < -0.4 is 4.74 Å². The van der Waals surface area contributed by atoms with E-state index in [0.717, 1.165) is 23.0 Å². The highest BCUT2D eigenvalue weighted by Gasteiger charge is 2.09. The molecule has 0 atom stereocenters. The number of methoxy groups -OCH3 is 1. The van der Waals surface area contributed by atoms with Crippen molar-refractivity contribution in [3.63, 3.8) is 0 Å². The van der Waals surface area contributed by atoms with Gasteiger partial charge in [0, 0.05) is 12.6 Å². The van der Waals surface area contributed by atoms with Crippen molar-refractivity contribution in [2.75, 3.05) is 7.11 Å². The molecule has 0 radical (unpaired) electrons. The van der Waals surface area contributed by atoms with Crippen LogP contribution in [0, 0.1) is 0 Å². The Balaban J connectivity index is 2.38. The fourth-order valence-corrected chi connectivity index (χ4v) is 1.70. The summed E-state index contributed by atoms with van der Waals surface area (Å²) in [5, 5.41) is 8.10. The predicted molar refractivity (Wildman–Crippen MR) is 62.5 cm³/mol. The second-order valence-electron chi connectivity index (χ2n) is 3.36. The fraction of sp³-hybridized carbons (Fsp3) is 0.273. The van der Waals surface area contributed by atoms with E-state index in [1.165, 1.54) is 0 Å². The maximum absolute atomic E-state index is 5.74. The van der Waals surface area contributed by atoms with Crippen molar-refractivity contribution in [1.82, 2.24) is 14.8 Å². The van der Waals surface area contributed by atoms with E-state index in [2.05, 4.69) is 10.2 Å². The van der Waals surface area contributed by atoms with E-state index in [9.17, 15) is 0 Å². The summed E-state index contributed by atoms with van der Waals surface area (Å²) in [5.74, 6) is 2.74. The highest BCUT2D eigenvalue weighted by Crippen LogP contribution is 2.20. The minimum atomic E-state index is 0.361. The van der Waals surface area contributed by atoms with Crippen molar-refractivity contribution < 1.29 is 4.74 Å². The minimum Gasteiger partial charge on any atom is -0.497 e. The molecule has 2 aromatic rings. The molecule has 16 heavy (non-hydrogen) atoms. The smallest absolute Gasteiger partial charge is 0.163 e. The van der Waals surface area contributed by atoms with Gasteiger partial charge in [-0.05, 0) is 24.3 Å². The topological polar surface area (TPSA) is 39.9 Å². The third-order valence-corrected chi connectivity index (χ3v) is 2.67. The first kappa shape index (κ1) is 11.0. The van der Waals surface area contributed by atoms with Crippen LogP contribution in [0.4, 0.5) is 0 Å². The van der Waals surface area contributed by atoms with Gasteiger partial charge in [0.2, 0.25) is 0 Å². The SMILES string of the molecule is COc1ccc(-c2nnc(CCl)n2C)cc1. The van der Waals surface area contributed by atoms with E-state index < -0.39 is 0 Å². The Morgan fingerprint density at radius 1 is 1.25 bits per heavy atom. The number of hydrogen-bond acceptors (Lipinski definition) is 3. The average Bonchev–Trinajstić information content (AvgIpc) is 2.70. The van der Waals surface area contributed by atoms with Gasteiger partial charge in [-0.15, -0.1) is 21.8 Å². The molecule has 0 fully saturated rings. The summed E-state index contributed by atoms with van der Waals surface area (Å²) in [6.07, 6.45) is 0. The third-order valence-electron chi connectivity index (χ3n) is 2.43. The standard InChI is InChI=1S/C11H12ClN3O/c1-15-10(7-12)13-14-11(15)8-3-5-9(16-2)6-4-8/h3-6H,7H2,1-2H3. The number of benzene rings is 1. The van der Waals surface area contributed by atoms with Gasteiger partial charge in [-0.3, -0.25) is 0 Å². The van der Waals surface area contributed by atoms with Gasteiger partial charge in [0.15, 0.2) is 5.82 Å². The Morgan fingerprint density at radius 2 is 1.94 bits per heavy atom. The molecule has 0 spiro atoms. The predicted octanol–water partition coefficient (Wildman–Crippen LogP) is 2.23. The highest BCUT2D eigenvalue weighted by molar-refractivity contribution is 6.16. The summed E-state index contributed by atoms with van der Waals surface area (Å²) >= 11 is 5.74. The summed E-state index contributed by atoms with van der Waals surface area (Å²) < 4.78 is 6.98. The summed E-state index contributed by atoms with van der Waals surface area (Å²) in [4.78, 5) is 0. The Kier molecular flexibility index (Phi) is 3.10. The van der Waals surface area contributed by atoms with E-state index >= 15 is 0 Å². The molecule has 0 aliphatic carbocycles. The van der Waals surface area contributed by atoms with Crippen molar-refractivity contribution in [2.24, 2.45) is 7.05 Å². The molecule has 1 aromatic carbocycles. The number of alkyl halides is 1. The van der Waals surface area contributed by atoms with Crippen LogP contribution in [0.15, 0.2) is 24.3 Å². The Bertz CT molecular complexity index is 478. The molecule has 0 saturated carbocycles. The Morgan fingerprint density at radius 3 is 2.44 bits per heavy atom. The monoisotopic (exact) mass is 237 g/mol. The summed E-state index contributed by atoms with van der Waals surface area (Å²) in [6, 6.07) is 7.68. The lowest BCUT2D eigenvalue weighted by Crippen LogP contribution is -1.97. The lowest BCUT2D eigenvalue weighted by molar-refractivity contribution is 0.415. The Hall–Kier alpha value is -1.55. The average molecular weight is 238 g/mol. The largest absolute Gasteiger partial charge is 0.497 e. The van der Waals surface area contributed by atoms with Crippen molar-refractivity contribution in [3.05, 3.63) is 30.1 Å². The number of halogens is 1. The van der Waals surface area contributed by atoms with Gasteiger partial charge in [-0.2, -0.15) is 0 Å². The molecule has 84 valence electrons. The number of rotatable bonds is 3. The zero-order valence-electron chi connectivity index (χ0n) is 9.14. The molecular weight excluding hydrogens is 226 g/mol. The van der Waals surface area contributed by atoms with Crippen molar-refractivity contribution in [1.29, 1.82) is 0 Å². The molecule has 0 aliphatic rings. The van der Waals surface area contributed by atoms with Gasteiger partial charge in [0.25, 0.3) is 0 Å². The van der Waals surface area contributed by atoms with Gasteiger partial charge in [0.1, 0.15) is 11.6 Å². The minimum absolute atomic E-state index is 0.361. The Labute approximate surface area is 98.8 Å². The first-order valence-corrected chi connectivity index (χ1v) is 5.38. The second kappa shape index (κ2) is 4.53. The maximum Gasteiger partial charge on any atom is 0.163 e. The molecule has 1 aromatic heterocycles. The first-order chi connectivity index (χ1) is 7.76. The van der Waals surface area contributed by atoms with Crippen LogP contribution in [0.2, 0.25) is 0 Å². The van der Waals surface area contributed by atoms with Crippen molar-refractivity contribution in [2.45, 2.75) is 5.88 Å². The van der Waals surface area contributed by atoms with Gasteiger partial charge < -0.3 is 9.30 Å². The van der Waals surface area contributed by atoms with Crippen LogP contribution in [0.1, 0.15) is 5.82 Å². The summed E-state index contributed by atoms with van der Waals surface area (Å²) in [6.45, 7) is 0. The quantitative estimate of drug-likeness (QED) is 0.769. The van der Waals surface area contributed by atoms with Crippen LogP contribution in [-0.2, 0) is 12.9 Å². The number of ether oxygens (including phenoxy) is 1. The zero-order chi connectivity index (χ0) is 11.5. The van der Waals surface area contributed by atoms with Crippen LogP contribution in [0.5, 0.6) is 5.75 Å². The van der Waals surface area contributed by atoms with Gasteiger partial charge in [-0.1, -0.05) is 0 Å². The zero-order valence-corrected chi connectivity index (χ0v) is 9.90. The molecule has 2 rings (SSSR count). The fourth-order valence-electron chi connectivity index (χ4n) is 1.47.